The van der Waals surface area contributed by atoms with Crippen LogP contribution < -0.4 is 11.1 Å². The quantitative estimate of drug-likeness (QED) is 0.439. The van der Waals surface area contributed by atoms with Crippen LogP contribution in [0.2, 0.25) is 0 Å². The van der Waals surface area contributed by atoms with Crippen molar-refractivity contribution in [2.24, 2.45) is 40.2 Å². The summed E-state index contributed by atoms with van der Waals surface area (Å²) in [5.74, 6) is 1.25. The summed E-state index contributed by atoms with van der Waals surface area (Å²) < 4.78 is 11.1. The predicted octanol–water partition coefficient (Wildman–Crippen LogP) is 5.15. The average Bonchev–Trinajstić information content (AvgIpc) is 3.18. The van der Waals surface area contributed by atoms with E-state index in [4.69, 9.17) is 15.2 Å². The van der Waals surface area contributed by atoms with E-state index >= 15 is 0 Å². The lowest BCUT2D eigenvalue weighted by Crippen LogP contribution is -2.66. The molecule has 212 valence electrons. The van der Waals surface area contributed by atoms with Gasteiger partial charge in [0.1, 0.15) is 6.10 Å². The van der Waals surface area contributed by atoms with Gasteiger partial charge in [0.2, 0.25) is 0 Å². The standard InChI is InChI=1S/C30H44N2O5.ClH/c1-28-14-11-21(37-27(35)32-25(18-33)19-7-5-4-6-8-19)17-20(28)9-10-23-22(28)12-15-29(2)24(26(34)36-3)13-16-30(23,29)31;/h4-8,20-25,33H,9-18,31H2,1-3H3,(H,32,35);1H/t20-,21+,22+,23-,24-,25?,28+,29-,30+;/m1./s1. The van der Waals surface area contributed by atoms with E-state index in [1.807, 2.05) is 30.3 Å². The third kappa shape index (κ3) is 4.62. The highest BCUT2D eigenvalue weighted by atomic mass is 35.5. The van der Waals surface area contributed by atoms with Crippen molar-refractivity contribution < 1.29 is 24.2 Å². The fourth-order valence-electron chi connectivity index (χ4n) is 9.16. The van der Waals surface area contributed by atoms with E-state index < -0.39 is 12.1 Å². The Morgan fingerprint density at radius 2 is 1.79 bits per heavy atom. The monoisotopic (exact) mass is 548 g/mol. The summed E-state index contributed by atoms with van der Waals surface area (Å²) in [7, 11) is 1.49. The molecule has 7 nitrogen and oxygen atoms in total. The van der Waals surface area contributed by atoms with Gasteiger partial charge in [-0.25, -0.2) is 4.79 Å². The summed E-state index contributed by atoms with van der Waals surface area (Å²) in [6, 6.07) is 9.00. The molecular weight excluding hydrogens is 504 g/mol. The number of benzene rings is 1. The number of nitrogens with two attached hydrogens (primary N) is 1. The number of fused-ring (bicyclic) bond motifs is 5. The fourth-order valence-corrected chi connectivity index (χ4v) is 9.16. The number of carbonyl (C=O) groups excluding carboxylic acids is 2. The van der Waals surface area contributed by atoms with Gasteiger partial charge in [-0.05, 0) is 91.9 Å². The minimum Gasteiger partial charge on any atom is -0.469 e. The summed E-state index contributed by atoms with van der Waals surface area (Å²) in [5.41, 5.74) is 7.82. The number of amides is 1. The highest BCUT2D eigenvalue weighted by Crippen LogP contribution is 2.68. The van der Waals surface area contributed by atoms with Gasteiger partial charge in [0, 0.05) is 5.54 Å². The molecule has 1 aromatic carbocycles. The Kier molecular flexibility index (Phi) is 8.42. The minimum absolute atomic E-state index is 0. The molecule has 0 aliphatic heterocycles. The molecule has 0 heterocycles. The second-order valence-electron chi connectivity index (χ2n) is 12.7. The summed E-state index contributed by atoms with van der Waals surface area (Å²) in [4.78, 5) is 25.4. The molecule has 4 saturated carbocycles. The van der Waals surface area contributed by atoms with Crippen LogP contribution in [0.5, 0.6) is 0 Å². The van der Waals surface area contributed by atoms with Gasteiger partial charge in [0.25, 0.3) is 0 Å². The van der Waals surface area contributed by atoms with E-state index in [2.05, 4.69) is 19.2 Å². The first-order valence-electron chi connectivity index (χ1n) is 14.2. The van der Waals surface area contributed by atoms with Gasteiger partial charge in [0.05, 0.1) is 25.7 Å². The van der Waals surface area contributed by atoms with E-state index in [1.54, 1.807) is 0 Å². The first-order valence-corrected chi connectivity index (χ1v) is 14.2. The van der Waals surface area contributed by atoms with Gasteiger partial charge in [0.15, 0.2) is 0 Å². The van der Waals surface area contributed by atoms with Crippen molar-refractivity contribution in [3.8, 4) is 0 Å². The molecule has 4 aliphatic carbocycles. The number of ether oxygens (including phenoxy) is 2. The van der Waals surface area contributed by atoms with Gasteiger partial charge < -0.3 is 25.6 Å². The second kappa shape index (κ2) is 11.0. The maximum Gasteiger partial charge on any atom is 0.407 e. The number of aliphatic hydroxyl groups is 1. The lowest BCUT2D eigenvalue weighted by atomic mass is 9.42. The summed E-state index contributed by atoms with van der Waals surface area (Å²) in [6.07, 6.45) is 8.12. The van der Waals surface area contributed by atoms with Crippen LogP contribution in [0.3, 0.4) is 0 Å². The molecule has 4 N–H and O–H groups in total. The lowest BCUT2D eigenvalue weighted by molar-refractivity contribution is -0.160. The van der Waals surface area contributed by atoms with E-state index in [0.29, 0.717) is 17.8 Å². The number of hydrogen-bond donors (Lipinski definition) is 3. The van der Waals surface area contributed by atoms with E-state index in [0.717, 1.165) is 63.4 Å². The summed E-state index contributed by atoms with van der Waals surface area (Å²) >= 11 is 0. The number of halogens is 1. The van der Waals surface area contributed by atoms with Crippen LogP contribution >= 0.6 is 12.4 Å². The SMILES string of the molecule is COC(=O)[C@H]1CC[C@]2(N)[C@@H]3CC[C@@H]4C[C@@H](OC(=O)NC(CO)c5ccccc5)CC[C@]4(C)[C@H]3CC[C@]12C.Cl. The number of methoxy groups -OCH3 is 1. The van der Waals surface area contributed by atoms with Crippen molar-refractivity contribution in [3.05, 3.63) is 35.9 Å². The average molecular weight is 549 g/mol. The Bertz CT molecular complexity index is 1010. The molecule has 5 rings (SSSR count). The Labute approximate surface area is 233 Å². The molecule has 0 saturated heterocycles. The zero-order chi connectivity index (χ0) is 26.4. The van der Waals surface area contributed by atoms with Crippen LogP contribution in [0.25, 0.3) is 0 Å². The number of rotatable bonds is 5. The number of hydrogen-bond acceptors (Lipinski definition) is 6. The third-order valence-electron chi connectivity index (χ3n) is 11.4. The molecule has 1 unspecified atom stereocenters. The van der Waals surface area contributed by atoms with Crippen LogP contribution in [0.15, 0.2) is 30.3 Å². The molecule has 4 aliphatic rings. The van der Waals surface area contributed by atoms with Crippen LogP contribution in [0.4, 0.5) is 4.79 Å². The molecule has 0 aromatic heterocycles. The van der Waals surface area contributed by atoms with E-state index in [9.17, 15) is 14.7 Å². The zero-order valence-electron chi connectivity index (χ0n) is 23.0. The fraction of sp³-hybridized carbons (Fsp3) is 0.733. The van der Waals surface area contributed by atoms with E-state index in [1.165, 1.54) is 7.11 Å². The van der Waals surface area contributed by atoms with Gasteiger partial charge >= 0.3 is 12.1 Å². The molecule has 38 heavy (non-hydrogen) atoms. The largest absolute Gasteiger partial charge is 0.469 e. The van der Waals surface area contributed by atoms with Crippen molar-refractivity contribution >= 4 is 24.5 Å². The van der Waals surface area contributed by atoms with Crippen LogP contribution in [-0.4, -0.2) is 42.5 Å². The topological polar surface area (TPSA) is 111 Å². The van der Waals surface area contributed by atoms with Crippen molar-refractivity contribution in [3.63, 3.8) is 0 Å². The smallest absolute Gasteiger partial charge is 0.407 e. The number of alkyl carbamates (subject to hydrolysis) is 1. The van der Waals surface area contributed by atoms with Crippen LogP contribution in [0, 0.1) is 34.5 Å². The molecule has 1 amide bonds. The predicted molar refractivity (Wildman–Crippen MR) is 148 cm³/mol. The van der Waals surface area contributed by atoms with Gasteiger partial charge in [-0.3, -0.25) is 4.79 Å². The molecule has 8 heteroatoms. The number of aliphatic hydroxyl groups excluding tert-OH is 1. The van der Waals surface area contributed by atoms with Crippen molar-refractivity contribution in [2.45, 2.75) is 89.3 Å². The van der Waals surface area contributed by atoms with Crippen molar-refractivity contribution in [2.75, 3.05) is 13.7 Å². The highest BCUT2D eigenvalue weighted by Gasteiger charge is 2.67. The van der Waals surface area contributed by atoms with Crippen molar-refractivity contribution in [1.82, 2.24) is 5.32 Å². The Morgan fingerprint density at radius 3 is 2.47 bits per heavy atom. The molecule has 0 radical (unpaired) electrons. The summed E-state index contributed by atoms with van der Waals surface area (Å²) in [6.45, 7) is 4.51. The number of nitrogens with one attached hydrogen (secondary N) is 1. The molecule has 0 bridgehead atoms. The molecule has 9 atom stereocenters. The first-order chi connectivity index (χ1) is 17.7. The molecule has 1 aromatic rings. The maximum absolute atomic E-state index is 12.7. The zero-order valence-corrected chi connectivity index (χ0v) is 23.8. The highest BCUT2D eigenvalue weighted by molar-refractivity contribution is 5.85. The second-order valence-corrected chi connectivity index (χ2v) is 12.7. The van der Waals surface area contributed by atoms with Gasteiger partial charge in [-0.2, -0.15) is 0 Å². The molecule has 4 fully saturated rings. The first kappa shape index (κ1) is 29.2. The van der Waals surface area contributed by atoms with Crippen LogP contribution in [-0.2, 0) is 14.3 Å². The Morgan fingerprint density at radius 1 is 1.05 bits per heavy atom. The minimum atomic E-state index is -0.476. The maximum atomic E-state index is 12.7. The third-order valence-corrected chi connectivity index (χ3v) is 11.4. The van der Waals surface area contributed by atoms with Gasteiger partial charge in [-0.1, -0.05) is 44.2 Å². The number of carbonyl (C=O) groups is 2. The molecule has 0 spiro atoms. The van der Waals surface area contributed by atoms with Gasteiger partial charge in [-0.15, -0.1) is 12.4 Å². The molecular formula is C30H45ClN2O5. The van der Waals surface area contributed by atoms with Crippen LogP contribution in [0.1, 0.15) is 83.2 Å². The normalized spacial score (nSPS) is 40.4. The number of esters is 1. The Hall–Kier alpha value is -1.83. The lowest BCUT2D eigenvalue weighted by Gasteiger charge is -2.64. The van der Waals surface area contributed by atoms with Crippen molar-refractivity contribution in [1.29, 1.82) is 0 Å². The summed E-state index contributed by atoms with van der Waals surface area (Å²) in [5, 5.41) is 12.6. The Balaban J connectivity index is 0.00000336. The van der Waals surface area contributed by atoms with E-state index in [-0.39, 0.29) is 53.4 Å².